The summed E-state index contributed by atoms with van der Waals surface area (Å²) in [6, 6.07) is 6.83. The zero-order chi connectivity index (χ0) is 15.1. The number of rotatable bonds is 8. The Morgan fingerprint density at radius 3 is 2.76 bits per heavy atom. The van der Waals surface area contributed by atoms with E-state index in [0.717, 1.165) is 6.42 Å². The minimum absolute atomic E-state index is 0.201. The van der Waals surface area contributed by atoms with Crippen molar-refractivity contribution < 1.29 is 12.9 Å². The predicted molar refractivity (Wildman–Crippen MR) is 78.4 cm³/mol. The first-order valence-corrected chi connectivity index (χ1v) is 8.20. The van der Waals surface area contributed by atoms with Crippen molar-refractivity contribution in [3.8, 4) is 0 Å². The zero-order valence-corrected chi connectivity index (χ0v) is 12.6. The lowest BCUT2D eigenvalue weighted by atomic mass is 10.3. The second-order valence-electron chi connectivity index (χ2n) is 4.41. The molecule has 2 rings (SSSR count). The molecule has 0 atom stereocenters. The van der Waals surface area contributed by atoms with E-state index in [2.05, 4.69) is 20.2 Å². The monoisotopic (exact) mass is 310 g/mol. The Balaban J connectivity index is 2.04. The number of anilines is 1. The van der Waals surface area contributed by atoms with Crippen LogP contribution in [0.15, 0.2) is 40.0 Å². The van der Waals surface area contributed by atoms with Crippen molar-refractivity contribution in [3.63, 3.8) is 0 Å². The van der Waals surface area contributed by atoms with Gasteiger partial charge in [-0.1, -0.05) is 24.2 Å². The number of hydrogen-bond acceptors (Lipinski definition) is 6. The lowest BCUT2D eigenvalue weighted by Crippen LogP contribution is -2.27. The number of nitrogens with zero attached hydrogens (tertiary/aromatic N) is 2. The topological polar surface area (TPSA) is 97.1 Å². The van der Waals surface area contributed by atoms with Crippen LogP contribution in [0.1, 0.15) is 19.2 Å². The van der Waals surface area contributed by atoms with Crippen molar-refractivity contribution in [2.45, 2.75) is 24.7 Å². The Bertz CT molecular complexity index is 656. The highest BCUT2D eigenvalue weighted by Gasteiger charge is 2.17. The van der Waals surface area contributed by atoms with E-state index >= 15 is 0 Å². The summed E-state index contributed by atoms with van der Waals surface area (Å²) in [5.74, 6) is 0.398. The molecule has 21 heavy (non-hydrogen) atoms. The van der Waals surface area contributed by atoms with E-state index in [1.165, 1.54) is 6.33 Å². The summed E-state index contributed by atoms with van der Waals surface area (Å²) in [5, 5.41) is 6.58. The molecule has 0 bridgehead atoms. The number of para-hydroxylation sites is 1. The van der Waals surface area contributed by atoms with E-state index in [-0.39, 0.29) is 11.4 Å². The van der Waals surface area contributed by atoms with Crippen LogP contribution in [0.25, 0.3) is 0 Å². The van der Waals surface area contributed by atoms with Gasteiger partial charge in [-0.05, 0) is 18.6 Å². The Morgan fingerprint density at radius 2 is 2.05 bits per heavy atom. The van der Waals surface area contributed by atoms with Gasteiger partial charge in [0.15, 0.2) is 6.33 Å². The molecule has 0 aliphatic heterocycles. The summed E-state index contributed by atoms with van der Waals surface area (Å²) in [5.41, 5.74) is 0.602. The lowest BCUT2D eigenvalue weighted by Gasteiger charge is -2.12. The molecule has 8 heteroatoms. The molecule has 0 unspecified atom stereocenters. The number of hydrogen-bond donors (Lipinski definition) is 2. The first-order chi connectivity index (χ1) is 10.1. The average Bonchev–Trinajstić information content (AvgIpc) is 2.98. The minimum atomic E-state index is -3.58. The van der Waals surface area contributed by atoms with Crippen LogP contribution in [-0.2, 0) is 16.4 Å². The molecular formula is C13H18N4O3S. The van der Waals surface area contributed by atoms with Crippen LogP contribution in [0.5, 0.6) is 0 Å². The van der Waals surface area contributed by atoms with Crippen molar-refractivity contribution in [3.05, 3.63) is 36.5 Å². The molecule has 0 fully saturated rings. The lowest BCUT2D eigenvalue weighted by molar-refractivity contribution is 0.377. The highest BCUT2D eigenvalue weighted by Crippen LogP contribution is 2.20. The third-order valence-corrected chi connectivity index (χ3v) is 4.30. The second kappa shape index (κ2) is 7.19. The fraction of sp³-hybridized carbons (Fsp3) is 0.385. The summed E-state index contributed by atoms with van der Waals surface area (Å²) in [6.45, 7) is 2.94. The summed E-state index contributed by atoms with van der Waals surface area (Å²) in [4.78, 5) is 4.08. The molecule has 2 aromatic rings. The molecule has 1 aromatic carbocycles. The SMILES string of the molecule is CCCNc1ccccc1S(=O)(=O)NCCc1ncno1. The first-order valence-electron chi connectivity index (χ1n) is 6.71. The zero-order valence-electron chi connectivity index (χ0n) is 11.7. The molecule has 0 amide bonds. The van der Waals surface area contributed by atoms with Gasteiger partial charge in [0.25, 0.3) is 0 Å². The molecule has 0 saturated heterocycles. The largest absolute Gasteiger partial charge is 0.384 e. The Morgan fingerprint density at radius 1 is 1.24 bits per heavy atom. The van der Waals surface area contributed by atoms with Gasteiger partial charge in [-0.2, -0.15) is 4.98 Å². The first kappa shape index (κ1) is 15.5. The molecule has 0 saturated carbocycles. The van der Waals surface area contributed by atoms with E-state index in [1.54, 1.807) is 24.3 Å². The standard InChI is InChI=1S/C13H18N4O3S/c1-2-8-14-11-5-3-4-6-12(11)21(18,19)17-9-7-13-15-10-16-20-13/h3-6,10,14,17H,2,7-9H2,1H3. The Hall–Kier alpha value is -1.93. The van der Waals surface area contributed by atoms with Crippen LogP contribution in [-0.4, -0.2) is 31.6 Å². The van der Waals surface area contributed by atoms with Gasteiger partial charge in [0.1, 0.15) is 4.90 Å². The predicted octanol–water partition coefficient (Wildman–Crippen LogP) is 1.41. The summed E-state index contributed by atoms with van der Waals surface area (Å²) in [6.07, 6.45) is 2.55. The van der Waals surface area contributed by atoms with Crippen molar-refractivity contribution in [2.75, 3.05) is 18.4 Å². The van der Waals surface area contributed by atoms with Gasteiger partial charge in [0.2, 0.25) is 15.9 Å². The van der Waals surface area contributed by atoms with Crippen molar-refractivity contribution in [1.82, 2.24) is 14.9 Å². The van der Waals surface area contributed by atoms with Gasteiger partial charge in [0.05, 0.1) is 5.69 Å². The van der Waals surface area contributed by atoms with E-state index in [0.29, 0.717) is 24.5 Å². The van der Waals surface area contributed by atoms with Crippen LogP contribution < -0.4 is 10.0 Å². The summed E-state index contributed by atoms with van der Waals surface area (Å²) in [7, 11) is -3.58. The van der Waals surface area contributed by atoms with Gasteiger partial charge in [-0.3, -0.25) is 0 Å². The van der Waals surface area contributed by atoms with Crippen LogP contribution in [0.2, 0.25) is 0 Å². The molecule has 7 nitrogen and oxygen atoms in total. The van der Waals surface area contributed by atoms with Gasteiger partial charge in [-0.15, -0.1) is 0 Å². The second-order valence-corrected chi connectivity index (χ2v) is 6.14. The molecule has 0 spiro atoms. The maximum Gasteiger partial charge on any atom is 0.242 e. The maximum atomic E-state index is 12.3. The van der Waals surface area contributed by atoms with Crippen LogP contribution in [0.4, 0.5) is 5.69 Å². The van der Waals surface area contributed by atoms with Crippen LogP contribution in [0.3, 0.4) is 0 Å². The Kier molecular flexibility index (Phi) is 5.29. The number of nitrogens with one attached hydrogen (secondary N) is 2. The third-order valence-electron chi connectivity index (χ3n) is 2.78. The highest BCUT2D eigenvalue weighted by atomic mass is 32.2. The smallest absolute Gasteiger partial charge is 0.242 e. The average molecular weight is 310 g/mol. The summed E-state index contributed by atoms with van der Waals surface area (Å²) < 4.78 is 32.0. The van der Waals surface area contributed by atoms with Crippen LogP contribution >= 0.6 is 0 Å². The van der Waals surface area contributed by atoms with Gasteiger partial charge < -0.3 is 9.84 Å². The van der Waals surface area contributed by atoms with Gasteiger partial charge in [0, 0.05) is 19.5 Å². The number of sulfonamides is 1. The van der Waals surface area contributed by atoms with E-state index in [1.807, 2.05) is 6.92 Å². The van der Waals surface area contributed by atoms with Crippen molar-refractivity contribution in [1.29, 1.82) is 0 Å². The Labute approximate surface area is 123 Å². The quantitative estimate of drug-likeness (QED) is 0.765. The van der Waals surface area contributed by atoms with Crippen LogP contribution in [0, 0.1) is 0 Å². The van der Waals surface area contributed by atoms with Crippen molar-refractivity contribution in [2.24, 2.45) is 0 Å². The van der Waals surface area contributed by atoms with E-state index in [9.17, 15) is 8.42 Å². The summed E-state index contributed by atoms with van der Waals surface area (Å²) >= 11 is 0. The van der Waals surface area contributed by atoms with E-state index in [4.69, 9.17) is 4.52 Å². The molecule has 1 aromatic heterocycles. The molecule has 0 aliphatic rings. The van der Waals surface area contributed by atoms with E-state index < -0.39 is 10.0 Å². The fourth-order valence-corrected chi connectivity index (χ4v) is 3.00. The molecule has 1 heterocycles. The molecular weight excluding hydrogens is 292 g/mol. The third kappa shape index (κ3) is 4.27. The van der Waals surface area contributed by atoms with Crippen molar-refractivity contribution >= 4 is 15.7 Å². The number of aromatic nitrogens is 2. The minimum Gasteiger partial charge on any atom is -0.384 e. The molecule has 2 N–H and O–H groups in total. The molecule has 0 aliphatic carbocycles. The molecule has 114 valence electrons. The fourth-order valence-electron chi connectivity index (χ4n) is 1.78. The number of benzene rings is 1. The molecule has 0 radical (unpaired) electrons. The normalized spacial score (nSPS) is 11.5. The maximum absolute atomic E-state index is 12.3. The van der Waals surface area contributed by atoms with Gasteiger partial charge in [-0.25, -0.2) is 13.1 Å². The highest BCUT2D eigenvalue weighted by molar-refractivity contribution is 7.89. The van der Waals surface area contributed by atoms with Gasteiger partial charge >= 0.3 is 0 Å².